The van der Waals surface area contributed by atoms with Crippen LogP contribution in [0.2, 0.25) is 5.02 Å². The van der Waals surface area contributed by atoms with Gasteiger partial charge in [0.2, 0.25) is 5.91 Å². The van der Waals surface area contributed by atoms with Gasteiger partial charge < -0.3 is 15.5 Å². The minimum absolute atomic E-state index is 0.0164. The van der Waals surface area contributed by atoms with Crippen molar-refractivity contribution in [1.29, 1.82) is 0 Å². The zero-order valence-corrected chi connectivity index (χ0v) is 24.4. The summed E-state index contributed by atoms with van der Waals surface area (Å²) < 4.78 is 21.2. The standard InChI is InChI=1S/C28H35ClN6O5S/c1-33(12-13-34-14-16-41(39,40)17-15-34)20-23(18-26(36)32-25-10-7-22(29)19-30-25)31-28(38)21-5-8-24(9-6-21)35-11-3-2-4-27(35)37/h2-11,19,23,39-40H,12-18,20H2,1H3,(H,31,38)(H,30,32,36). The molecule has 0 aliphatic carbocycles. The number of nitrogens with one attached hydrogen (secondary N) is 2. The average molecular weight is 603 g/mol. The number of hydrogen-bond donors (Lipinski definition) is 4. The molecule has 2 amide bonds. The Morgan fingerprint density at radius 1 is 1.10 bits per heavy atom. The first-order chi connectivity index (χ1) is 19.6. The Bertz CT molecular complexity index is 1380. The van der Waals surface area contributed by atoms with Crippen molar-refractivity contribution < 1.29 is 18.7 Å². The number of carbonyl (C=O) groups excluding carboxylic acids is 2. The van der Waals surface area contributed by atoms with Crippen molar-refractivity contribution in [2.24, 2.45) is 0 Å². The molecule has 11 nitrogen and oxygen atoms in total. The molecule has 3 aromatic rings. The molecule has 4 rings (SSSR count). The summed E-state index contributed by atoms with van der Waals surface area (Å²) in [5.41, 5.74) is 0.863. The van der Waals surface area contributed by atoms with Crippen LogP contribution >= 0.6 is 22.2 Å². The predicted molar refractivity (Wildman–Crippen MR) is 162 cm³/mol. The van der Waals surface area contributed by atoms with E-state index in [1.54, 1.807) is 54.7 Å². The number of aromatic nitrogens is 2. The van der Waals surface area contributed by atoms with Crippen LogP contribution in [0.5, 0.6) is 0 Å². The van der Waals surface area contributed by atoms with Crippen molar-refractivity contribution in [1.82, 2.24) is 24.7 Å². The maximum atomic E-state index is 13.2. The van der Waals surface area contributed by atoms with Crippen LogP contribution in [0.15, 0.2) is 71.8 Å². The van der Waals surface area contributed by atoms with Crippen molar-refractivity contribution in [3.63, 3.8) is 0 Å². The molecular formula is C28H35ClN6O5S. The number of carbonyl (C=O) groups is 2. The van der Waals surface area contributed by atoms with Gasteiger partial charge in [-0.1, -0.05) is 17.7 Å². The lowest BCUT2D eigenvalue weighted by Gasteiger charge is -2.41. The molecular weight excluding hydrogens is 568 g/mol. The van der Waals surface area contributed by atoms with E-state index in [4.69, 9.17) is 11.6 Å². The van der Waals surface area contributed by atoms with Gasteiger partial charge in [0, 0.05) is 68.9 Å². The molecule has 41 heavy (non-hydrogen) atoms. The number of nitrogens with zero attached hydrogens (tertiary/aromatic N) is 4. The van der Waals surface area contributed by atoms with Gasteiger partial charge in [-0.05, 0) is 49.5 Å². The summed E-state index contributed by atoms with van der Waals surface area (Å²) in [5.74, 6) is 0.478. The molecule has 0 saturated carbocycles. The Hall–Kier alpha value is -3.26. The Labute approximate surface area is 245 Å². The van der Waals surface area contributed by atoms with Gasteiger partial charge in [-0.3, -0.25) is 33.0 Å². The molecule has 1 saturated heterocycles. The lowest BCUT2D eigenvalue weighted by Crippen LogP contribution is -2.47. The van der Waals surface area contributed by atoms with Crippen molar-refractivity contribution >= 4 is 39.8 Å². The van der Waals surface area contributed by atoms with Gasteiger partial charge in [-0.25, -0.2) is 4.98 Å². The SMILES string of the molecule is CN(CCN1CCS(O)(O)CC1)CC(CC(=O)Nc1ccc(Cl)cn1)NC(=O)c1ccc(-n2ccccc2=O)cc1. The third kappa shape index (κ3) is 9.38. The van der Waals surface area contributed by atoms with Gasteiger partial charge >= 0.3 is 0 Å². The summed E-state index contributed by atoms with van der Waals surface area (Å²) in [4.78, 5) is 46.5. The molecule has 1 aliphatic rings. The van der Waals surface area contributed by atoms with E-state index in [0.29, 0.717) is 59.8 Å². The number of hydrogen-bond acceptors (Lipinski definition) is 8. The van der Waals surface area contributed by atoms with E-state index in [-0.39, 0.29) is 23.8 Å². The maximum absolute atomic E-state index is 13.2. The van der Waals surface area contributed by atoms with E-state index >= 15 is 0 Å². The molecule has 2 aromatic heterocycles. The summed E-state index contributed by atoms with van der Waals surface area (Å²) in [5, 5.41) is 6.18. The first kappa shape index (κ1) is 30.7. The van der Waals surface area contributed by atoms with Crippen LogP contribution in [0.25, 0.3) is 5.69 Å². The quantitative estimate of drug-likeness (QED) is 0.263. The largest absolute Gasteiger partial charge is 0.347 e. The molecule has 1 fully saturated rings. The highest BCUT2D eigenvalue weighted by Crippen LogP contribution is 2.40. The van der Waals surface area contributed by atoms with Gasteiger partial charge in [0.05, 0.1) is 22.6 Å². The number of benzene rings is 1. The van der Waals surface area contributed by atoms with Gasteiger partial charge in [-0.15, -0.1) is 0 Å². The maximum Gasteiger partial charge on any atom is 0.255 e. The second-order valence-corrected chi connectivity index (χ2v) is 12.9. The normalized spacial score (nSPS) is 16.6. The van der Waals surface area contributed by atoms with Gasteiger partial charge in [0.15, 0.2) is 0 Å². The molecule has 3 heterocycles. The van der Waals surface area contributed by atoms with Gasteiger partial charge in [0.1, 0.15) is 5.82 Å². The molecule has 1 aliphatic heterocycles. The van der Waals surface area contributed by atoms with E-state index in [0.717, 1.165) is 6.54 Å². The van der Waals surface area contributed by atoms with Crippen LogP contribution in [0, 0.1) is 0 Å². The smallest absolute Gasteiger partial charge is 0.255 e. The monoisotopic (exact) mass is 602 g/mol. The molecule has 1 atom stereocenters. The van der Waals surface area contributed by atoms with E-state index in [9.17, 15) is 23.5 Å². The first-order valence-corrected chi connectivity index (χ1v) is 15.5. The lowest BCUT2D eigenvalue weighted by atomic mass is 10.1. The zero-order chi connectivity index (χ0) is 29.4. The van der Waals surface area contributed by atoms with Crippen LogP contribution < -0.4 is 16.2 Å². The van der Waals surface area contributed by atoms with E-state index in [2.05, 4.69) is 20.5 Å². The van der Waals surface area contributed by atoms with Crippen LogP contribution in [0.3, 0.4) is 0 Å². The molecule has 1 unspecified atom stereocenters. The highest BCUT2D eigenvalue weighted by Gasteiger charge is 2.23. The van der Waals surface area contributed by atoms with Crippen LogP contribution in [0.1, 0.15) is 16.8 Å². The van der Waals surface area contributed by atoms with E-state index in [1.165, 1.54) is 16.8 Å². The minimum atomic E-state index is -2.45. The highest BCUT2D eigenvalue weighted by molar-refractivity contribution is 8.24. The third-order valence-electron chi connectivity index (χ3n) is 6.79. The second-order valence-electron chi connectivity index (χ2n) is 10.1. The van der Waals surface area contributed by atoms with Crippen LogP contribution in [0.4, 0.5) is 5.82 Å². The summed E-state index contributed by atoms with van der Waals surface area (Å²) >= 11 is 5.89. The van der Waals surface area contributed by atoms with Crippen LogP contribution in [-0.4, -0.2) is 97.6 Å². The molecule has 1 aromatic carbocycles. The van der Waals surface area contributed by atoms with Crippen molar-refractivity contribution in [2.75, 3.05) is 56.6 Å². The fraction of sp³-hybridized carbons (Fsp3) is 0.357. The summed E-state index contributed by atoms with van der Waals surface area (Å²) in [6.07, 6.45) is 3.12. The second kappa shape index (κ2) is 14.1. The van der Waals surface area contributed by atoms with Crippen molar-refractivity contribution in [3.05, 3.63) is 87.9 Å². The van der Waals surface area contributed by atoms with Crippen molar-refractivity contribution in [2.45, 2.75) is 12.5 Å². The molecule has 13 heteroatoms. The van der Waals surface area contributed by atoms with Crippen LogP contribution in [-0.2, 0) is 4.79 Å². The topological polar surface area (TPSA) is 140 Å². The molecule has 0 bridgehead atoms. The molecule has 0 radical (unpaired) electrons. The van der Waals surface area contributed by atoms with Gasteiger partial charge in [0.25, 0.3) is 11.5 Å². The summed E-state index contributed by atoms with van der Waals surface area (Å²) in [6.45, 7) is 3.06. The van der Waals surface area contributed by atoms with Gasteiger partial charge in [-0.2, -0.15) is 10.6 Å². The number of halogens is 1. The Morgan fingerprint density at radius 3 is 2.49 bits per heavy atom. The fourth-order valence-corrected chi connectivity index (χ4v) is 5.90. The highest BCUT2D eigenvalue weighted by atomic mass is 35.5. The Balaban J connectivity index is 1.39. The zero-order valence-electron chi connectivity index (χ0n) is 22.8. The average Bonchev–Trinajstić information content (AvgIpc) is 2.94. The van der Waals surface area contributed by atoms with E-state index < -0.39 is 16.6 Å². The number of pyridine rings is 2. The molecule has 220 valence electrons. The predicted octanol–water partition coefficient (Wildman–Crippen LogP) is 3.01. The number of rotatable bonds is 11. The number of likely N-dealkylation sites (N-methyl/N-ethyl adjacent to an activating group) is 1. The van der Waals surface area contributed by atoms with Crippen molar-refractivity contribution in [3.8, 4) is 5.69 Å². The lowest BCUT2D eigenvalue weighted by molar-refractivity contribution is -0.116. The van der Waals surface area contributed by atoms with E-state index in [1.807, 2.05) is 11.9 Å². The third-order valence-corrected chi connectivity index (χ3v) is 8.69. The minimum Gasteiger partial charge on any atom is -0.347 e. The summed E-state index contributed by atoms with van der Waals surface area (Å²) in [7, 11) is -0.534. The number of anilines is 1. The summed E-state index contributed by atoms with van der Waals surface area (Å²) in [6, 6.07) is 14.3. The molecule has 0 spiro atoms. The Kier molecular flexibility index (Phi) is 10.5. The fourth-order valence-electron chi connectivity index (χ4n) is 4.48. The number of amides is 2. The molecule has 4 N–H and O–H groups in total. The Morgan fingerprint density at radius 2 is 1.83 bits per heavy atom. The first-order valence-electron chi connectivity index (χ1n) is 13.2.